The summed E-state index contributed by atoms with van der Waals surface area (Å²) in [5.74, 6) is 0.252. The summed E-state index contributed by atoms with van der Waals surface area (Å²) in [4.78, 5) is 7.93. The minimum Gasteiger partial charge on any atom is -0.383 e. The molecule has 0 fully saturated rings. The molecule has 5 heteroatoms. The van der Waals surface area contributed by atoms with E-state index in [1.54, 1.807) is 30.5 Å². The Balaban J connectivity index is 2.41. The van der Waals surface area contributed by atoms with Crippen molar-refractivity contribution in [3.63, 3.8) is 0 Å². The van der Waals surface area contributed by atoms with Gasteiger partial charge in [-0.15, -0.1) is 0 Å². The number of hydrogen-bond donors (Lipinski definition) is 2. The number of nitrogens with zero attached hydrogens (tertiary/aromatic N) is 2. The van der Waals surface area contributed by atoms with Crippen molar-refractivity contribution < 1.29 is 5.11 Å². The molecular weight excluding hydrogens is 226 g/mol. The Morgan fingerprint density at radius 2 is 2.12 bits per heavy atom. The lowest BCUT2D eigenvalue weighted by Gasteiger charge is -2.12. The third kappa shape index (κ3) is 2.13. The van der Waals surface area contributed by atoms with Gasteiger partial charge in [-0.25, -0.2) is 4.98 Å². The summed E-state index contributed by atoms with van der Waals surface area (Å²) in [6, 6.07) is 6.86. The van der Waals surface area contributed by atoms with E-state index in [2.05, 4.69) is 9.97 Å². The standard InChI is InChI=1S/C11H10ClN3O/c12-7-5-8(11(13)15-6-7)10(16)9-3-1-2-4-14-9/h1-6,10,16H,(H2,13,15). The van der Waals surface area contributed by atoms with Crippen molar-refractivity contribution in [3.8, 4) is 0 Å². The van der Waals surface area contributed by atoms with E-state index in [1.165, 1.54) is 6.20 Å². The number of hydrogen-bond acceptors (Lipinski definition) is 4. The van der Waals surface area contributed by atoms with Crippen molar-refractivity contribution in [3.05, 3.63) is 52.9 Å². The van der Waals surface area contributed by atoms with Gasteiger partial charge in [-0.05, 0) is 18.2 Å². The molecule has 3 N–H and O–H groups in total. The smallest absolute Gasteiger partial charge is 0.129 e. The molecule has 0 amide bonds. The molecule has 4 nitrogen and oxygen atoms in total. The second-order valence-corrected chi connectivity index (χ2v) is 3.72. The Kier molecular flexibility index (Phi) is 3.03. The van der Waals surface area contributed by atoms with Crippen molar-refractivity contribution in [1.29, 1.82) is 0 Å². The van der Waals surface area contributed by atoms with Gasteiger partial charge in [0, 0.05) is 18.0 Å². The fraction of sp³-hybridized carbons (Fsp3) is 0.0909. The van der Waals surface area contributed by atoms with Crippen LogP contribution in [0.25, 0.3) is 0 Å². The third-order valence-electron chi connectivity index (χ3n) is 2.18. The van der Waals surface area contributed by atoms with Crippen molar-refractivity contribution in [2.24, 2.45) is 0 Å². The summed E-state index contributed by atoms with van der Waals surface area (Å²) in [6.45, 7) is 0. The first-order valence-corrected chi connectivity index (χ1v) is 5.06. The summed E-state index contributed by atoms with van der Waals surface area (Å²) in [5.41, 5.74) is 6.65. The Bertz CT molecular complexity index is 490. The van der Waals surface area contributed by atoms with Gasteiger partial charge in [0.25, 0.3) is 0 Å². The van der Waals surface area contributed by atoms with Gasteiger partial charge in [0.1, 0.15) is 11.9 Å². The highest BCUT2D eigenvalue weighted by atomic mass is 35.5. The van der Waals surface area contributed by atoms with Crippen LogP contribution in [0, 0.1) is 0 Å². The normalized spacial score (nSPS) is 12.4. The molecule has 1 atom stereocenters. The van der Waals surface area contributed by atoms with Crippen LogP contribution >= 0.6 is 11.6 Å². The zero-order valence-corrected chi connectivity index (χ0v) is 9.09. The predicted molar refractivity (Wildman–Crippen MR) is 62.0 cm³/mol. The molecule has 0 aromatic carbocycles. The number of aliphatic hydroxyl groups excluding tert-OH is 1. The maximum Gasteiger partial charge on any atom is 0.129 e. The van der Waals surface area contributed by atoms with Gasteiger partial charge in [-0.2, -0.15) is 0 Å². The van der Waals surface area contributed by atoms with Crippen molar-refractivity contribution in [2.45, 2.75) is 6.10 Å². The van der Waals surface area contributed by atoms with Crippen LogP contribution in [0.3, 0.4) is 0 Å². The van der Waals surface area contributed by atoms with Crippen molar-refractivity contribution in [1.82, 2.24) is 9.97 Å². The quantitative estimate of drug-likeness (QED) is 0.833. The van der Waals surface area contributed by atoms with Gasteiger partial charge >= 0.3 is 0 Å². The first kappa shape index (κ1) is 10.9. The van der Waals surface area contributed by atoms with Gasteiger partial charge in [-0.1, -0.05) is 17.7 Å². The number of aliphatic hydroxyl groups is 1. The topological polar surface area (TPSA) is 72.0 Å². The Hall–Kier alpha value is -1.65. The van der Waals surface area contributed by atoms with E-state index in [4.69, 9.17) is 17.3 Å². The fourth-order valence-corrected chi connectivity index (χ4v) is 1.55. The fourth-order valence-electron chi connectivity index (χ4n) is 1.38. The van der Waals surface area contributed by atoms with Gasteiger partial charge in [-0.3, -0.25) is 4.98 Å². The van der Waals surface area contributed by atoms with E-state index in [9.17, 15) is 5.11 Å². The van der Waals surface area contributed by atoms with Crippen molar-refractivity contribution in [2.75, 3.05) is 5.73 Å². The molecule has 0 saturated heterocycles. The molecule has 2 heterocycles. The van der Waals surface area contributed by atoms with Crippen LogP contribution in [0.4, 0.5) is 5.82 Å². The number of pyridine rings is 2. The van der Waals surface area contributed by atoms with Crippen LogP contribution in [0.5, 0.6) is 0 Å². The highest BCUT2D eigenvalue weighted by Gasteiger charge is 2.15. The lowest BCUT2D eigenvalue weighted by atomic mass is 10.1. The molecule has 0 aliphatic heterocycles. The molecule has 0 aliphatic rings. The molecule has 2 aromatic heterocycles. The second-order valence-electron chi connectivity index (χ2n) is 3.29. The lowest BCUT2D eigenvalue weighted by Crippen LogP contribution is -2.06. The first-order chi connectivity index (χ1) is 7.68. The molecule has 0 spiro atoms. The molecule has 0 bridgehead atoms. The summed E-state index contributed by atoms with van der Waals surface area (Å²) < 4.78 is 0. The molecule has 0 radical (unpaired) electrons. The molecule has 16 heavy (non-hydrogen) atoms. The van der Waals surface area contributed by atoms with E-state index < -0.39 is 6.10 Å². The summed E-state index contributed by atoms with van der Waals surface area (Å²) in [7, 11) is 0. The number of halogens is 1. The van der Waals surface area contributed by atoms with Gasteiger partial charge in [0.05, 0.1) is 10.7 Å². The third-order valence-corrected chi connectivity index (χ3v) is 2.39. The van der Waals surface area contributed by atoms with Crippen LogP contribution in [-0.4, -0.2) is 15.1 Å². The minimum atomic E-state index is -0.910. The minimum absolute atomic E-state index is 0.252. The second kappa shape index (κ2) is 4.47. The number of aromatic nitrogens is 2. The van der Waals surface area contributed by atoms with E-state index in [-0.39, 0.29) is 5.82 Å². The largest absolute Gasteiger partial charge is 0.383 e. The average Bonchev–Trinajstić information content (AvgIpc) is 2.32. The zero-order chi connectivity index (χ0) is 11.5. The van der Waals surface area contributed by atoms with Crippen LogP contribution in [-0.2, 0) is 0 Å². The summed E-state index contributed by atoms with van der Waals surface area (Å²) in [6.07, 6.45) is 2.13. The van der Waals surface area contributed by atoms with Crippen LogP contribution in [0.2, 0.25) is 5.02 Å². The number of anilines is 1. The first-order valence-electron chi connectivity index (χ1n) is 4.68. The highest BCUT2D eigenvalue weighted by molar-refractivity contribution is 6.30. The molecule has 0 saturated carbocycles. The molecule has 82 valence electrons. The van der Waals surface area contributed by atoms with Gasteiger partial charge in [0.2, 0.25) is 0 Å². The maximum atomic E-state index is 10.1. The molecular formula is C11H10ClN3O. The van der Waals surface area contributed by atoms with Gasteiger partial charge < -0.3 is 10.8 Å². The Labute approximate surface area is 97.7 Å². The Morgan fingerprint density at radius 1 is 1.31 bits per heavy atom. The monoisotopic (exact) mass is 235 g/mol. The van der Waals surface area contributed by atoms with Crippen LogP contribution in [0.15, 0.2) is 36.7 Å². The van der Waals surface area contributed by atoms with E-state index in [0.717, 1.165) is 0 Å². The summed E-state index contributed by atoms with van der Waals surface area (Å²) in [5, 5.41) is 10.5. The number of nitrogens with two attached hydrogens (primary N) is 1. The summed E-state index contributed by atoms with van der Waals surface area (Å²) >= 11 is 5.80. The molecule has 2 aromatic rings. The average molecular weight is 236 g/mol. The Morgan fingerprint density at radius 3 is 2.81 bits per heavy atom. The molecule has 0 aliphatic carbocycles. The molecule has 1 unspecified atom stereocenters. The van der Waals surface area contributed by atoms with E-state index >= 15 is 0 Å². The van der Waals surface area contributed by atoms with Crippen LogP contribution < -0.4 is 5.73 Å². The van der Waals surface area contributed by atoms with Crippen LogP contribution in [0.1, 0.15) is 17.4 Å². The number of nitrogen functional groups attached to an aromatic ring is 1. The maximum absolute atomic E-state index is 10.1. The van der Waals surface area contributed by atoms with E-state index in [0.29, 0.717) is 16.3 Å². The molecule has 2 rings (SSSR count). The SMILES string of the molecule is Nc1ncc(Cl)cc1C(O)c1ccccn1. The van der Waals surface area contributed by atoms with E-state index in [1.807, 2.05) is 0 Å². The number of rotatable bonds is 2. The zero-order valence-electron chi connectivity index (χ0n) is 8.34. The highest BCUT2D eigenvalue weighted by Crippen LogP contribution is 2.26. The van der Waals surface area contributed by atoms with Gasteiger partial charge in [0.15, 0.2) is 0 Å². The van der Waals surface area contributed by atoms with Crippen molar-refractivity contribution >= 4 is 17.4 Å². The lowest BCUT2D eigenvalue weighted by molar-refractivity contribution is 0.216. The predicted octanol–water partition coefficient (Wildman–Crippen LogP) is 1.79.